The number of halogens is 1. The molecule has 1 N–H and O–H groups in total. The number of aryl methyl sites for hydroxylation is 2. The highest BCUT2D eigenvalue weighted by atomic mass is 79.9. The molecule has 3 rings (SSSR count). The quantitative estimate of drug-likeness (QED) is 0.831. The topological polar surface area (TPSA) is 29.9 Å². The second-order valence-corrected chi connectivity index (χ2v) is 6.75. The van der Waals surface area contributed by atoms with Crippen LogP contribution in [0.5, 0.6) is 0 Å². The van der Waals surface area contributed by atoms with E-state index < -0.39 is 0 Å². The number of hydrogen-bond acceptors (Lipinski definition) is 2. The summed E-state index contributed by atoms with van der Waals surface area (Å²) >= 11 is 3.74. The normalized spacial score (nSPS) is 19.4. The van der Waals surface area contributed by atoms with Gasteiger partial charge in [-0.1, -0.05) is 6.92 Å². The average Bonchev–Trinajstić information content (AvgIpc) is 3.30. The molecule has 0 spiro atoms. The van der Waals surface area contributed by atoms with Crippen molar-refractivity contribution in [2.24, 2.45) is 11.8 Å². The van der Waals surface area contributed by atoms with Crippen molar-refractivity contribution in [1.29, 1.82) is 0 Å². The van der Waals surface area contributed by atoms with Gasteiger partial charge in [-0.3, -0.25) is 4.68 Å². The Morgan fingerprint density at radius 1 is 1.26 bits per heavy atom. The molecule has 1 aromatic rings. The SMILES string of the molecule is CCc1nn(CC)c(CNC(C2CC2)C2CC2)c1Br. The van der Waals surface area contributed by atoms with Crippen molar-refractivity contribution in [1.82, 2.24) is 15.1 Å². The summed E-state index contributed by atoms with van der Waals surface area (Å²) < 4.78 is 3.36. The first kappa shape index (κ1) is 13.6. The van der Waals surface area contributed by atoms with Crippen LogP contribution in [-0.4, -0.2) is 15.8 Å². The van der Waals surface area contributed by atoms with E-state index in [0.717, 1.165) is 37.4 Å². The van der Waals surface area contributed by atoms with Crippen LogP contribution in [0.25, 0.3) is 0 Å². The van der Waals surface area contributed by atoms with Gasteiger partial charge >= 0.3 is 0 Å². The molecule has 106 valence electrons. The zero-order valence-corrected chi connectivity index (χ0v) is 13.5. The Hall–Kier alpha value is -0.350. The van der Waals surface area contributed by atoms with Crippen LogP contribution < -0.4 is 5.32 Å². The molecular weight excluding hydrogens is 302 g/mol. The third-order valence-electron chi connectivity index (χ3n) is 4.46. The van der Waals surface area contributed by atoms with E-state index in [1.54, 1.807) is 0 Å². The van der Waals surface area contributed by atoms with Crippen molar-refractivity contribution < 1.29 is 0 Å². The van der Waals surface area contributed by atoms with Gasteiger partial charge in [0.25, 0.3) is 0 Å². The van der Waals surface area contributed by atoms with Crippen LogP contribution in [0.4, 0.5) is 0 Å². The molecule has 3 nitrogen and oxygen atoms in total. The molecule has 19 heavy (non-hydrogen) atoms. The molecule has 2 saturated carbocycles. The molecule has 0 saturated heterocycles. The molecule has 2 fully saturated rings. The maximum atomic E-state index is 4.68. The van der Waals surface area contributed by atoms with Crippen LogP contribution >= 0.6 is 15.9 Å². The third kappa shape index (κ3) is 2.89. The molecule has 0 amide bonds. The Morgan fingerprint density at radius 3 is 2.37 bits per heavy atom. The first-order chi connectivity index (χ1) is 9.24. The summed E-state index contributed by atoms with van der Waals surface area (Å²) in [5.41, 5.74) is 2.51. The monoisotopic (exact) mass is 325 g/mol. The molecule has 0 atom stereocenters. The number of hydrogen-bond donors (Lipinski definition) is 1. The maximum absolute atomic E-state index is 4.68. The van der Waals surface area contributed by atoms with Crippen molar-refractivity contribution in [2.75, 3.05) is 0 Å². The highest BCUT2D eigenvalue weighted by molar-refractivity contribution is 9.10. The lowest BCUT2D eigenvalue weighted by Gasteiger charge is -2.18. The van der Waals surface area contributed by atoms with Crippen molar-refractivity contribution in [3.8, 4) is 0 Å². The summed E-state index contributed by atoms with van der Waals surface area (Å²) in [5.74, 6) is 1.91. The van der Waals surface area contributed by atoms with Gasteiger partial charge in [-0.25, -0.2) is 0 Å². The molecule has 2 aliphatic rings. The van der Waals surface area contributed by atoms with E-state index in [-0.39, 0.29) is 0 Å². The fourth-order valence-electron chi connectivity index (χ4n) is 3.03. The zero-order valence-electron chi connectivity index (χ0n) is 12.0. The average molecular weight is 326 g/mol. The molecule has 1 heterocycles. The summed E-state index contributed by atoms with van der Waals surface area (Å²) in [5, 5.41) is 8.50. The number of aromatic nitrogens is 2. The second-order valence-electron chi connectivity index (χ2n) is 5.96. The fraction of sp³-hybridized carbons (Fsp3) is 0.800. The predicted molar refractivity (Wildman–Crippen MR) is 81.1 cm³/mol. The Labute approximate surface area is 124 Å². The van der Waals surface area contributed by atoms with E-state index in [1.807, 2.05) is 0 Å². The molecule has 0 aromatic carbocycles. The maximum Gasteiger partial charge on any atom is 0.0767 e. The minimum absolute atomic E-state index is 0.761. The molecule has 4 heteroatoms. The van der Waals surface area contributed by atoms with Crippen LogP contribution in [0.15, 0.2) is 4.47 Å². The standard InChI is InChI=1S/C15H24BrN3/c1-3-12-14(16)13(19(4-2)18-12)9-17-15(10-5-6-10)11-7-8-11/h10-11,15,17H,3-9H2,1-2H3. The predicted octanol–water partition coefficient (Wildman–Crippen LogP) is 3.51. The Bertz CT molecular complexity index is 434. The van der Waals surface area contributed by atoms with Crippen molar-refractivity contribution in [3.63, 3.8) is 0 Å². The highest BCUT2D eigenvalue weighted by Crippen LogP contribution is 2.44. The third-order valence-corrected chi connectivity index (χ3v) is 5.37. The fourth-order valence-corrected chi connectivity index (χ4v) is 3.73. The van der Waals surface area contributed by atoms with Crippen molar-refractivity contribution >= 4 is 15.9 Å². The lowest BCUT2D eigenvalue weighted by molar-refractivity contribution is 0.406. The van der Waals surface area contributed by atoms with E-state index in [0.29, 0.717) is 0 Å². The molecule has 0 unspecified atom stereocenters. The summed E-state index contributed by atoms with van der Waals surface area (Å²) in [7, 11) is 0. The van der Waals surface area contributed by atoms with Crippen LogP contribution in [0.3, 0.4) is 0 Å². The van der Waals surface area contributed by atoms with Crippen LogP contribution in [0.2, 0.25) is 0 Å². The van der Waals surface area contributed by atoms with Crippen LogP contribution in [-0.2, 0) is 19.5 Å². The molecule has 2 aliphatic carbocycles. The highest BCUT2D eigenvalue weighted by Gasteiger charge is 2.41. The minimum Gasteiger partial charge on any atom is -0.308 e. The molecule has 0 bridgehead atoms. The minimum atomic E-state index is 0.761. The number of nitrogens with zero attached hydrogens (tertiary/aromatic N) is 2. The smallest absolute Gasteiger partial charge is 0.0767 e. The number of rotatable bonds is 7. The van der Waals surface area contributed by atoms with Crippen molar-refractivity contribution in [2.45, 2.75) is 65.1 Å². The van der Waals surface area contributed by atoms with Crippen LogP contribution in [0.1, 0.15) is 50.9 Å². The Kier molecular flexibility index (Phi) is 3.99. The summed E-state index contributed by atoms with van der Waals surface area (Å²) in [4.78, 5) is 0. The molecule has 0 aliphatic heterocycles. The summed E-state index contributed by atoms with van der Waals surface area (Å²) in [6.45, 7) is 6.25. The lowest BCUT2D eigenvalue weighted by atomic mass is 10.1. The lowest BCUT2D eigenvalue weighted by Crippen LogP contribution is -2.33. The van der Waals surface area contributed by atoms with Gasteiger partial charge in [0, 0.05) is 19.1 Å². The van der Waals surface area contributed by atoms with Crippen molar-refractivity contribution in [3.05, 3.63) is 15.9 Å². The Balaban J connectivity index is 1.69. The summed E-state index contributed by atoms with van der Waals surface area (Å²) in [6, 6.07) is 0.761. The van der Waals surface area contributed by atoms with E-state index in [1.165, 1.54) is 41.5 Å². The summed E-state index contributed by atoms with van der Waals surface area (Å²) in [6.07, 6.45) is 6.73. The largest absolute Gasteiger partial charge is 0.308 e. The van der Waals surface area contributed by atoms with Gasteiger partial charge in [-0.15, -0.1) is 0 Å². The van der Waals surface area contributed by atoms with Gasteiger partial charge in [0.2, 0.25) is 0 Å². The Morgan fingerprint density at radius 2 is 1.89 bits per heavy atom. The first-order valence-corrected chi connectivity index (χ1v) is 8.51. The van der Waals surface area contributed by atoms with E-state index in [2.05, 4.69) is 44.9 Å². The molecular formula is C15H24BrN3. The zero-order chi connectivity index (χ0) is 13.4. The van der Waals surface area contributed by atoms with Gasteiger partial charge < -0.3 is 5.32 Å². The number of nitrogens with one attached hydrogen (secondary N) is 1. The van der Waals surface area contributed by atoms with Crippen LogP contribution in [0, 0.1) is 11.8 Å². The first-order valence-electron chi connectivity index (χ1n) is 7.72. The van der Waals surface area contributed by atoms with E-state index in [9.17, 15) is 0 Å². The van der Waals surface area contributed by atoms with Gasteiger partial charge in [0.15, 0.2) is 0 Å². The van der Waals surface area contributed by atoms with Gasteiger partial charge in [0.1, 0.15) is 0 Å². The van der Waals surface area contributed by atoms with Gasteiger partial charge in [-0.2, -0.15) is 5.10 Å². The second kappa shape index (κ2) is 5.57. The van der Waals surface area contributed by atoms with E-state index >= 15 is 0 Å². The van der Waals surface area contributed by atoms with E-state index in [4.69, 9.17) is 0 Å². The molecule has 0 radical (unpaired) electrons. The molecule has 1 aromatic heterocycles. The van der Waals surface area contributed by atoms with Gasteiger partial charge in [0.05, 0.1) is 15.9 Å². The van der Waals surface area contributed by atoms with Gasteiger partial charge in [-0.05, 0) is 66.8 Å².